The molecular formula is C14H21Cl2NO. The van der Waals surface area contributed by atoms with E-state index in [-0.39, 0.29) is 0 Å². The Bertz CT molecular complexity index is 380. The molecule has 0 fully saturated rings. The van der Waals surface area contributed by atoms with Gasteiger partial charge < -0.3 is 10.1 Å². The van der Waals surface area contributed by atoms with Gasteiger partial charge in [0, 0.05) is 17.1 Å². The monoisotopic (exact) mass is 289 g/mol. The molecule has 0 atom stereocenters. The fraction of sp³-hybridized carbons (Fsp3) is 0.571. The van der Waals surface area contributed by atoms with Crippen LogP contribution in [-0.2, 0) is 6.54 Å². The van der Waals surface area contributed by atoms with E-state index in [4.69, 9.17) is 27.9 Å². The van der Waals surface area contributed by atoms with Gasteiger partial charge in [-0.1, -0.05) is 44.0 Å². The van der Waals surface area contributed by atoms with Gasteiger partial charge in [-0.05, 0) is 31.0 Å². The maximum absolute atomic E-state index is 6.19. The molecule has 0 aliphatic rings. The number of benzene rings is 1. The molecule has 18 heavy (non-hydrogen) atoms. The molecule has 1 N–H and O–H groups in total. The average Bonchev–Trinajstić information content (AvgIpc) is 2.27. The fourth-order valence-corrected chi connectivity index (χ4v) is 2.15. The van der Waals surface area contributed by atoms with E-state index in [9.17, 15) is 0 Å². The lowest BCUT2D eigenvalue weighted by Crippen LogP contribution is -2.15. The smallest absolute Gasteiger partial charge is 0.142 e. The summed E-state index contributed by atoms with van der Waals surface area (Å²) in [4.78, 5) is 0. The van der Waals surface area contributed by atoms with E-state index in [1.54, 1.807) is 6.07 Å². The van der Waals surface area contributed by atoms with Crippen molar-refractivity contribution in [3.8, 4) is 5.75 Å². The van der Waals surface area contributed by atoms with Crippen LogP contribution in [0.5, 0.6) is 5.75 Å². The van der Waals surface area contributed by atoms with Crippen molar-refractivity contribution in [1.29, 1.82) is 0 Å². The van der Waals surface area contributed by atoms with Crippen LogP contribution in [0.3, 0.4) is 0 Å². The van der Waals surface area contributed by atoms with E-state index in [0.717, 1.165) is 30.8 Å². The molecule has 0 aliphatic carbocycles. The lowest BCUT2D eigenvalue weighted by Gasteiger charge is -2.15. The van der Waals surface area contributed by atoms with Crippen molar-refractivity contribution < 1.29 is 4.74 Å². The minimum absolute atomic E-state index is 0.466. The number of halogens is 2. The van der Waals surface area contributed by atoms with Gasteiger partial charge >= 0.3 is 0 Å². The van der Waals surface area contributed by atoms with Crippen LogP contribution in [0, 0.1) is 5.92 Å². The Morgan fingerprint density at radius 2 is 2.00 bits per heavy atom. The van der Waals surface area contributed by atoms with Crippen LogP contribution in [0.25, 0.3) is 0 Å². The normalized spacial score (nSPS) is 11.0. The third kappa shape index (κ3) is 5.05. The van der Waals surface area contributed by atoms with E-state index in [2.05, 4.69) is 26.1 Å². The highest BCUT2D eigenvalue weighted by atomic mass is 35.5. The molecule has 0 amide bonds. The Morgan fingerprint density at radius 1 is 1.28 bits per heavy atom. The summed E-state index contributed by atoms with van der Waals surface area (Å²) in [7, 11) is 0. The van der Waals surface area contributed by atoms with Crippen molar-refractivity contribution >= 4 is 23.2 Å². The van der Waals surface area contributed by atoms with Crippen LogP contribution in [0.1, 0.15) is 32.8 Å². The van der Waals surface area contributed by atoms with E-state index >= 15 is 0 Å². The zero-order valence-corrected chi connectivity index (χ0v) is 12.7. The molecular weight excluding hydrogens is 269 g/mol. The van der Waals surface area contributed by atoms with Gasteiger partial charge in [0.1, 0.15) is 5.75 Å². The molecule has 0 saturated carbocycles. The molecule has 4 heteroatoms. The molecule has 2 nitrogen and oxygen atoms in total. The number of hydrogen-bond acceptors (Lipinski definition) is 2. The molecule has 0 bridgehead atoms. The van der Waals surface area contributed by atoms with Crippen molar-refractivity contribution in [2.75, 3.05) is 13.2 Å². The first-order chi connectivity index (χ1) is 8.54. The number of nitrogens with one attached hydrogen (secondary N) is 1. The van der Waals surface area contributed by atoms with Crippen molar-refractivity contribution in [1.82, 2.24) is 5.32 Å². The van der Waals surface area contributed by atoms with Crippen molar-refractivity contribution in [2.24, 2.45) is 5.92 Å². The molecule has 0 unspecified atom stereocenters. The highest BCUT2D eigenvalue weighted by Crippen LogP contribution is 2.32. The van der Waals surface area contributed by atoms with Gasteiger partial charge in [-0.25, -0.2) is 0 Å². The summed E-state index contributed by atoms with van der Waals surface area (Å²) in [5.41, 5.74) is 1.02. The first-order valence-corrected chi connectivity index (χ1v) is 7.11. The van der Waals surface area contributed by atoms with Gasteiger partial charge in [0.25, 0.3) is 0 Å². The van der Waals surface area contributed by atoms with Crippen LogP contribution < -0.4 is 10.1 Å². The summed E-state index contributed by atoms with van der Waals surface area (Å²) in [5, 5.41) is 4.56. The predicted molar refractivity (Wildman–Crippen MR) is 78.8 cm³/mol. The lowest BCUT2D eigenvalue weighted by molar-refractivity contribution is 0.268. The van der Waals surface area contributed by atoms with Gasteiger partial charge in [0.05, 0.1) is 11.6 Å². The second kappa shape index (κ2) is 7.88. The van der Waals surface area contributed by atoms with Crippen LogP contribution >= 0.6 is 23.2 Å². The first-order valence-electron chi connectivity index (χ1n) is 6.36. The second-order valence-electron chi connectivity index (χ2n) is 4.76. The van der Waals surface area contributed by atoms with Crippen molar-refractivity contribution in [3.05, 3.63) is 27.7 Å². The summed E-state index contributed by atoms with van der Waals surface area (Å²) in [6.07, 6.45) is 1.09. The third-order valence-electron chi connectivity index (χ3n) is 2.39. The topological polar surface area (TPSA) is 21.3 Å². The summed E-state index contributed by atoms with van der Waals surface area (Å²) < 4.78 is 5.78. The third-order valence-corrected chi connectivity index (χ3v) is 2.89. The molecule has 102 valence electrons. The fourth-order valence-electron chi connectivity index (χ4n) is 1.56. The molecule has 0 spiro atoms. The van der Waals surface area contributed by atoms with Gasteiger partial charge in [-0.2, -0.15) is 0 Å². The van der Waals surface area contributed by atoms with Gasteiger partial charge in [-0.15, -0.1) is 0 Å². The molecule has 1 rings (SSSR count). The molecule has 1 aromatic carbocycles. The summed E-state index contributed by atoms with van der Waals surface area (Å²) in [6, 6.07) is 3.63. The highest BCUT2D eigenvalue weighted by molar-refractivity contribution is 6.35. The molecule has 0 aliphatic heterocycles. The number of hydrogen-bond donors (Lipinski definition) is 1. The maximum atomic E-state index is 6.19. The van der Waals surface area contributed by atoms with Crippen molar-refractivity contribution in [3.63, 3.8) is 0 Å². The zero-order chi connectivity index (χ0) is 13.5. The summed E-state index contributed by atoms with van der Waals surface area (Å²) >= 11 is 12.2. The van der Waals surface area contributed by atoms with Crippen LogP contribution in [0.2, 0.25) is 10.0 Å². The van der Waals surface area contributed by atoms with Crippen LogP contribution in [0.15, 0.2) is 12.1 Å². The molecule has 0 radical (unpaired) electrons. The number of ether oxygens (including phenoxy) is 1. The van der Waals surface area contributed by atoms with Crippen molar-refractivity contribution in [2.45, 2.75) is 33.7 Å². The summed E-state index contributed by atoms with van der Waals surface area (Å²) in [5.74, 6) is 1.21. The van der Waals surface area contributed by atoms with E-state index < -0.39 is 0 Å². The maximum Gasteiger partial charge on any atom is 0.142 e. The second-order valence-corrected chi connectivity index (χ2v) is 5.60. The van der Waals surface area contributed by atoms with E-state index in [1.165, 1.54) is 0 Å². The zero-order valence-electron chi connectivity index (χ0n) is 11.2. The lowest BCUT2D eigenvalue weighted by atomic mass is 10.2. The Morgan fingerprint density at radius 3 is 2.61 bits per heavy atom. The Hall–Kier alpha value is -0.440. The Kier molecular flexibility index (Phi) is 6.83. The van der Waals surface area contributed by atoms with Gasteiger partial charge in [-0.3, -0.25) is 0 Å². The van der Waals surface area contributed by atoms with Gasteiger partial charge in [0.15, 0.2) is 0 Å². The first kappa shape index (κ1) is 15.6. The number of rotatable bonds is 7. The largest absolute Gasteiger partial charge is 0.491 e. The van der Waals surface area contributed by atoms with Gasteiger partial charge in [0.2, 0.25) is 0 Å². The summed E-state index contributed by atoms with van der Waals surface area (Å²) in [6.45, 7) is 8.70. The highest BCUT2D eigenvalue weighted by Gasteiger charge is 2.11. The van der Waals surface area contributed by atoms with Crippen LogP contribution in [0.4, 0.5) is 0 Å². The standard InChI is InChI=1S/C14H21Cl2NO/c1-4-5-17-8-11-6-12(15)7-13(16)14(11)18-9-10(2)3/h6-7,10,17H,4-5,8-9H2,1-3H3. The molecule has 1 aromatic rings. The van der Waals surface area contributed by atoms with Crippen LogP contribution in [-0.4, -0.2) is 13.2 Å². The Balaban J connectivity index is 2.83. The Labute approximate surface area is 120 Å². The average molecular weight is 290 g/mol. The van der Waals surface area contributed by atoms with E-state index in [0.29, 0.717) is 22.6 Å². The SMILES string of the molecule is CCCNCc1cc(Cl)cc(Cl)c1OCC(C)C. The predicted octanol–water partition coefficient (Wildman–Crippen LogP) is 4.53. The molecule has 0 saturated heterocycles. The minimum Gasteiger partial charge on any atom is -0.491 e. The quantitative estimate of drug-likeness (QED) is 0.745. The van der Waals surface area contributed by atoms with E-state index in [1.807, 2.05) is 6.07 Å². The molecule has 0 heterocycles. The molecule has 0 aromatic heterocycles. The minimum atomic E-state index is 0.466.